The summed E-state index contributed by atoms with van der Waals surface area (Å²) in [6.45, 7) is 2.08. The number of ketones is 1. The molecule has 0 aliphatic heterocycles. The fraction of sp³-hybridized carbons (Fsp3) is 0.368. The Kier molecular flexibility index (Phi) is 4.62. The first-order chi connectivity index (χ1) is 11.1. The number of benzene rings is 1. The third kappa shape index (κ3) is 3.08. The Balaban J connectivity index is 1.95. The number of carboxylic acid groups (broad SMARTS) is 1. The van der Waals surface area contributed by atoms with Gasteiger partial charge < -0.3 is 5.11 Å². The minimum absolute atomic E-state index is 0.110. The van der Waals surface area contributed by atoms with Crippen LogP contribution in [-0.4, -0.2) is 16.9 Å². The van der Waals surface area contributed by atoms with E-state index < -0.39 is 5.97 Å². The van der Waals surface area contributed by atoms with Gasteiger partial charge in [0.1, 0.15) is 0 Å². The van der Waals surface area contributed by atoms with Crippen LogP contribution in [0.25, 0.3) is 0 Å². The quantitative estimate of drug-likeness (QED) is 0.798. The van der Waals surface area contributed by atoms with Gasteiger partial charge >= 0.3 is 5.97 Å². The Morgan fingerprint density at radius 1 is 1.26 bits per heavy atom. The molecule has 1 aliphatic carbocycles. The standard InChI is InChI=1S/C19H20O3S/c1-2-15-17(18(22)12-6-4-3-5-7-12)14-10-8-13(19(14)23-15)9-11-16(20)21/h3-7,13H,2,8-11H2,1H3,(H,20,21). The van der Waals surface area contributed by atoms with E-state index in [-0.39, 0.29) is 12.2 Å². The van der Waals surface area contributed by atoms with Crippen LogP contribution in [0.5, 0.6) is 0 Å². The van der Waals surface area contributed by atoms with Crippen molar-refractivity contribution in [3.05, 3.63) is 56.8 Å². The molecule has 1 unspecified atom stereocenters. The molecule has 4 heteroatoms. The van der Waals surface area contributed by atoms with E-state index in [9.17, 15) is 9.59 Å². The predicted molar refractivity (Wildman–Crippen MR) is 91.5 cm³/mol. The molecule has 1 aromatic heterocycles. The van der Waals surface area contributed by atoms with Crippen LogP contribution >= 0.6 is 11.3 Å². The van der Waals surface area contributed by atoms with E-state index >= 15 is 0 Å². The van der Waals surface area contributed by atoms with Gasteiger partial charge in [0, 0.05) is 27.3 Å². The highest BCUT2D eigenvalue weighted by atomic mass is 32.1. The fourth-order valence-electron chi connectivity index (χ4n) is 3.38. The van der Waals surface area contributed by atoms with Crippen molar-refractivity contribution in [3.63, 3.8) is 0 Å². The zero-order valence-corrected chi connectivity index (χ0v) is 14.0. The summed E-state index contributed by atoms with van der Waals surface area (Å²) in [5, 5.41) is 8.91. The maximum atomic E-state index is 12.9. The van der Waals surface area contributed by atoms with E-state index in [0.29, 0.717) is 12.3 Å². The lowest BCUT2D eigenvalue weighted by Crippen LogP contribution is -2.05. The molecular weight excluding hydrogens is 308 g/mol. The average Bonchev–Trinajstić information content (AvgIpc) is 3.11. The molecule has 1 N–H and O–H groups in total. The maximum Gasteiger partial charge on any atom is 0.303 e. The van der Waals surface area contributed by atoms with Gasteiger partial charge in [-0.05, 0) is 37.2 Å². The van der Waals surface area contributed by atoms with Crippen molar-refractivity contribution in [2.45, 2.75) is 44.9 Å². The molecule has 1 heterocycles. The van der Waals surface area contributed by atoms with Crippen LogP contribution in [-0.2, 0) is 17.6 Å². The van der Waals surface area contributed by atoms with Gasteiger partial charge in [-0.25, -0.2) is 0 Å². The number of carbonyl (C=O) groups is 2. The molecule has 3 rings (SSSR count). The van der Waals surface area contributed by atoms with Crippen molar-refractivity contribution < 1.29 is 14.7 Å². The number of rotatable bonds is 6. The van der Waals surface area contributed by atoms with Gasteiger partial charge in [0.2, 0.25) is 0 Å². The molecule has 1 aliphatic rings. The third-order valence-electron chi connectivity index (χ3n) is 4.52. The Hall–Kier alpha value is -1.94. The summed E-state index contributed by atoms with van der Waals surface area (Å²) in [5.74, 6) is -0.334. The minimum Gasteiger partial charge on any atom is -0.481 e. The van der Waals surface area contributed by atoms with Crippen LogP contribution in [0.4, 0.5) is 0 Å². The molecule has 0 fully saturated rings. The zero-order valence-electron chi connectivity index (χ0n) is 13.2. The van der Waals surface area contributed by atoms with E-state index in [4.69, 9.17) is 5.11 Å². The number of aryl methyl sites for hydroxylation is 1. The Morgan fingerprint density at radius 3 is 2.65 bits per heavy atom. The van der Waals surface area contributed by atoms with Crippen molar-refractivity contribution in [1.29, 1.82) is 0 Å². The minimum atomic E-state index is -0.744. The number of fused-ring (bicyclic) bond motifs is 1. The molecular formula is C19H20O3S. The van der Waals surface area contributed by atoms with Crippen LogP contribution in [0.3, 0.4) is 0 Å². The van der Waals surface area contributed by atoms with E-state index in [1.807, 2.05) is 30.3 Å². The van der Waals surface area contributed by atoms with Gasteiger partial charge in [0.25, 0.3) is 0 Å². The summed E-state index contributed by atoms with van der Waals surface area (Å²) in [5.41, 5.74) is 2.80. The van der Waals surface area contributed by atoms with Crippen LogP contribution in [0.15, 0.2) is 30.3 Å². The normalized spacial score (nSPS) is 16.3. The predicted octanol–water partition coefficient (Wildman–Crippen LogP) is 4.44. The zero-order chi connectivity index (χ0) is 16.4. The van der Waals surface area contributed by atoms with Crippen LogP contribution in [0.1, 0.15) is 63.3 Å². The second-order valence-electron chi connectivity index (χ2n) is 5.96. The van der Waals surface area contributed by atoms with Gasteiger partial charge in [-0.15, -0.1) is 11.3 Å². The summed E-state index contributed by atoms with van der Waals surface area (Å²) < 4.78 is 0. The van der Waals surface area contributed by atoms with Gasteiger partial charge in [-0.2, -0.15) is 0 Å². The highest BCUT2D eigenvalue weighted by Crippen LogP contribution is 2.45. The van der Waals surface area contributed by atoms with Crippen LogP contribution in [0.2, 0.25) is 0 Å². The van der Waals surface area contributed by atoms with Gasteiger partial charge in [-0.1, -0.05) is 37.3 Å². The SMILES string of the molecule is CCc1sc2c(c1C(=O)c1ccccc1)CCC2CCC(=O)O. The molecule has 0 bridgehead atoms. The highest BCUT2D eigenvalue weighted by Gasteiger charge is 2.32. The smallest absolute Gasteiger partial charge is 0.303 e. The molecule has 1 atom stereocenters. The lowest BCUT2D eigenvalue weighted by Gasteiger charge is -2.07. The lowest BCUT2D eigenvalue weighted by molar-refractivity contribution is -0.137. The van der Waals surface area contributed by atoms with Gasteiger partial charge in [0.05, 0.1) is 0 Å². The molecule has 0 saturated carbocycles. The molecule has 1 aromatic carbocycles. The number of carboxylic acids is 1. The highest BCUT2D eigenvalue weighted by molar-refractivity contribution is 7.12. The Bertz CT molecular complexity index is 731. The van der Waals surface area contributed by atoms with Crippen LogP contribution < -0.4 is 0 Å². The topological polar surface area (TPSA) is 54.4 Å². The summed E-state index contributed by atoms with van der Waals surface area (Å²) >= 11 is 1.72. The Labute approximate surface area is 140 Å². The lowest BCUT2D eigenvalue weighted by atomic mass is 9.98. The molecule has 120 valence electrons. The summed E-state index contributed by atoms with van der Waals surface area (Å²) in [4.78, 5) is 26.2. The number of aliphatic carboxylic acids is 1. The van der Waals surface area contributed by atoms with E-state index in [0.717, 1.165) is 35.3 Å². The van der Waals surface area contributed by atoms with E-state index in [2.05, 4.69) is 6.92 Å². The number of hydrogen-bond donors (Lipinski definition) is 1. The number of hydrogen-bond acceptors (Lipinski definition) is 3. The summed E-state index contributed by atoms with van der Waals surface area (Å²) in [6.07, 6.45) is 3.57. The van der Waals surface area contributed by atoms with Gasteiger partial charge in [-0.3, -0.25) is 9.59 Å². The van der Waals surface area contributed by atoms with Crippen molar-refractivity contribution >= 4 is 23.1 Å². The molecule has 23 heavy (non-hydrogen) atoms. The Morgan fingerprint density at radius 2 is 2.00 bits per heavy atom. The van der Waals surface area contributed by atoms with E-state index in [1.54, 1.807) is 11.3 Å². The number of thiophene rings is 1. The maximum absolute atomic E-state index is 12.9. The monoisotopic (exact) mass is 328 g/mol. The first-order valence-electron chi connectivity index (χ1n) is 8.07. The summed E-state index contributed by atoms with van der Waals surface area (Å²) in [7, 11) is 0. The molecule has 2 aromatic rings. The average molecular weight is 328 g/mol. The number of carbonyl (C=O) groups excluding carboxylic acids is 1. The second-order valence-corrected chi connectivity index (χ2v) is 7.10. The molecule has 0 saturated heterocycles. The molecule has 0 spiro atoms. The first kappa shape index (κ1) is 15.9. The van der Waals surface area contributed by atoms with Crippen molar-refractivity contribution in [3.8, 4) is 0 Å². The first-order valence-corrected chi connectivity index (χ1v) is 8.89. The van der Waals surface area contributed by atoms with Crippen molar-refractivity contribution in [2.75, 3.05) is 0 Å². The second kappa shape index (κ2) is 6.67. The molecule has 0 amide bonds. The fourth-order valence-corrected chi connectivity index (χ4v) is 4.84. The van der Waals surface area contributed by atoms with E-state index in [1.165, 1.54) is 10.4 Å². The van der Waals surface area contributed by atoms with Crippen molar-refractivity contribution in [2.24, 2.45) is 0 Å². The largest absolute Gasteiger partial charge is 0.481 e. The molecule has 0 radical (unpaired) electrons. The van der Waals surface area contributed by atoms with Crippen molar-refractivity contribution in [1.82, 2.24) is 0 Å². The van der Waals surface area contributed by atoms with Gasteiger partial charge in [0.15, 0.2) is 5.78 Å². The molecule has 3 nitrogen and oxygen atoms in total. The van der Waals surface area contributed by atoms with Crippen LogP contribution in [0, 0.1) is 0 Å². The third-order valence-corrected chi connectivity index (χ3v) is 6.05. The summed E-state index contributed by atoms with van der Waals surface area (Å²) in [6, 6.07) is 9.42.